The van der Waals surface area contributed by atoms with Crippen molar-refractivity contribution in [3.8, 4) is 44.5 Å². The summed E-state index contributed by atoms with van der Waals surface area (Å²) in [4.78, 5) is 0. The second kappa shape index (κ2) is 10.2. The van der Waals surface area contributed by atoms with Crippen LogP contribution in [-0.2, 0) is 5.41 Å². The maximum atomic E-state index is 2.46. The Kier molecular flexibility index (Phi) is 5.89. The molecule has 0 spiro atoms. The van der Waals surface area contributed by atoms with Crippen LogP contribution in [0.25, 0.3) is 86.2 Å². The Balaban J connectivity index is 1.31. The first-order chi connectivity index (χ1) is 23.6. The summed E-state index contributed by atoms with van der Waals surface area (Å²) in [7, 11) is 0. The molecule has 0 unspecified atom stereocenters. The summed E-state index contributed by atoms with van der Waals surface area (Å²) >= 11 is 1.88. The molecule has 1 aromatic heterocycles. The molecule has 10 rings (SSSR count). The van der Waals surface area contributed by atoms with Gasteiger partial charge in [-0.1, -0.05) is 141 Å². The minimum atomic E-state index is -0.0244. The molecule has 1 heterocycles. The van der Waals surface area contributed by atoms with Crippen LogP contribution in [0.3, 0.4) is 0 Å². The zero-order chi connectivity index (χ0) is 32.0. The molecule has 0 bridgehead atoms. The van der Waals surface area contributed by atoms with E-state index in [0.29, 0.717) is 0 Å². The lowest BCUT2D eigenvalue weighted by Crippen LogP contribution is -2.14. The molecule has 0 radical (unpaired) electrons. The normalized spacial score (nSPS) is 13.4. The van der Waals surface area contributed by atoms with Crippen molar-refractivity contribution in [3.63, 3.8) is 0 Å². The Morgan fingerprint density at radius 3 is 1.75 bits per heavy atom. The molecule has 0 nitrogen and oxygen atoms in total. The third kappa shape index (κ3) is 3.95. The molecule has 226 valence electrons. The molecule has 8 aromatic carbocycles. The second-order valence-electron chi connectivity index (χ2n) is 13.7. The second-order valence-corrected chi connectivity index (χ2v) is 14.7. The highest BCUT2D eigenvalue weighted by Crippen LogP contribution is 2.51. The molecule has 0 amide bonds. The highest BCUT2D eigenvalue weighted by Gasteiger charge is 2.35. The zero-order valence-corrected chi connectivity index (χ0v) is 27.7. The van der Waals surface area contributed by atoms with E-state index >= 15 is 0 Å². The SMILES string of the molecule is CC1(C)c2ccccc2-c2cc(-c3c4ccccc4c(-c4ccc5sc6ccccc6c5c4)c4ccc(-c5ccccc5)cc34)ccc21. The van der Waals surface area contributed by atoms with Gasteiger partial charge in [-0.05, 0) is 108 Å². The monoisotopic (exact) mass is 628 g/mol. The first-order valence-electron chi connectivity index (χ1n) is 16.8. The minimum Gasteiger partial charge on any atom is -0.135 e. The zero-order valence-electron chi connectivity index (χ0n) is 26.9. The summed E-state index contributed by atoms with van der Waals surface area (Å²) in [6.07, 6.45) is 0. The van der Waals surface area contributed by atoms with E-state index < -0.39 is 0 Å². The molecule has 1 aliphatic rings. The van der Waals surface area contributed by atoms with E-state index in [1.54, 1.807) is 0 Å². The van der Waals surface area contributed by atoms with Crippen LogP contribution >= 0.6 is 11.3 Å². The first kappa shape index (κ1) is 27.6. The number of fused-ring (bicyclic) bond motifs is 8. The predicted molar refractivity (Wildman–Crippen MR) is 208 cm³/mol. The van der Waals surface area contributed by atoms with Gasteiger partial charge in [-0.15, -0.1) is 11.3 Å². The quantitative estimate of drug-likeness (QED) is 0.171. The Morgan fingerprint density at radius 1 is 0.354 bits per heavy atom. The number of hydrogen-bond donors (Lipinski definition) is 0. The molecule has 0 saturated carbocycles. The maximum absolute atomic E-state index is 2.46. The van der Waals surface area contributed by atoms with Crippen molar-refractivity contribution in [1.29, 1.82) is 0 Å². The average Bonchev–Trinajstić information content (AvgIpc) is 3.62. The molecule has 1 aliphatic carbocycles. The minimum absolute atomic E-state index is 0.0244. The van der Waals surface area contributed by atoms with Crippen LogP contribution in [0.2, 0.25) is 0 Å². The van der Waals surface area contributed by atoms with Gasteiger partial charge in [0, 0.05) is 25.6 Å². The van der Waals surface area contributed by atoms with E-state index in [4.69, 9.17) is 0 Å². The molecule has 0 saturated heterocycles. The molecule has 0 aliphatic heterocycles. The third-order valence-electron chi connectivity index (χ3n) is 10.7. The fourth-order valence-corrected chi connectivity index (χ4v) is 9.45. The molecule has 0 fully saturated rings. The van der Waals surface area contributed by atoms with Crippen LogP contribution in [0.5, 0.6) is 0 Å². The predicted octanol–water partition coefficient (Wildman–Crippen LogP) is 13.7. The van der Waals surface area contributed by atoms with Gasteiger partial charge in [0.15, 0.2) is 0 Å². The van der Waals surface area contributed by atoms with Crippen LogP contribution in [0, 0.1) is 0 Å². The van der Waals surface area contributed by atoms with E-state index in [9.17, 15) is 0 Å². The van der Waals surface area contributed by atoms with Crippen molar-refractivity contribution in [2.24, 2.45) is 0 Å². The summed E-state index contributed by atoms with van der Waals surface area (Å²) in [5.74, 6) is 0. The summed E-state index contributed by atoms with van der Waals surface area (Å²) in [6, 6.07) is 59.0. The smallest absolute Gasteiger partial charge is 0.0355 e. The Hall–Kier alpha value is -5.50. The Morgan fingerprint density at radius 2 is 0.917 bits per heavy atom. The van der Waals surface area contributed by atoms with E-state index in [1.807, 2.05) is 11.3 Å². The van der Waals surface area contributed by atoms with Crippen LogP contribution in [0.4, 0.5) is 0 Å². The summed E-state index contributed by atoms with van der Waals surface area (Å²) in [6.45, 7) is 4.72. The van der Waals surface area contributed by atoms with Gasteiger partial charge in [0.05, 0.1) is 0 Å². The number of rotatable bonds is 3. The van der Waals surface area contributed by atoms with Crippen molar-refractivity contribution in [3.05, 3.63) is 169 Å². The fraction of sp³-hybridized carbons (Fsp3) is 0.0638. The van der Waals surface area contributed by atoms with E-state index in [0.717, 1.165) is 0 Å². The van der Waals surface area contributed by atoms with Gasteiger partial charge in [-0.2, -0.15) is 0 Å². The fourth-order valence-electron chi connectivity index (χ4n) is 8.37. The molecule has 0 N–H and O–H groups in total. The lowest BCUT2D eigenvalue weighted by Gasteiger charge is -2.22. The molecule has 0 atom stereocenters. The van der Waals surface area contributed by atoms with E-state index in [2.05, 4.69) is 172 Å². The number of hydrogen-bond acceptors (Lipinski definition) is 1. The summed E-state index contributed by atoms with van der Waals surface area (Å²) in [5.41, 5.74) is 13.1. The summed E-state index contributed by atoms with van der Waals surface area (Å²) in [5, 5.41) is 7.79. The number of benzene rings is 8. The third-order valence-corrected chi connectivity index (χ3v) is 11.8. The van der Waals surface area contributed by atoms with Crippen LogP contribution < -0.4 is 0 Å². The van der Waals surface area contributed by atoms with Crippen LogP contribution in [0.15, 0.2) is 158 Å². The van der Waals surface area contributed by atoms with Gasteiger partial charge in [0.2, 0.25) is 0 Å². The first-order valence-corrected chi connectivity index (χ1v) is 17.6. The van der Waals surface area contributed by atoms with Gasteiger partial charge in [-0.3, -0.25) is 0 Å². The lowest BCUT2D eigenvalue weighted by molar-refractivity contribution is 0.660. The van der Waals surface area contributed by atoms with Crippen molar-refractivity contribution in [2.75, 3.05) is 0 Å². The lowest BCUT2D eigenvalue weighted by atomic mass is 9.81. The largest absolute Gasteiger partial charge is 0.135 e. The molecular weight excluding hydrogens is 597 g/mol. The Labute approximate surface area is 284 Å². The molecule has 1 heteroatoms. The summed E-state index contributed by atoms with van der Waals surface area (Å²) < 4.78 is 2.67. The van der Waals surface area contributed by atoms with Gasteiger partial charge in [0.25, 0.3) is 0 Å². The van der Waals surface area contributed by atoms with E-state index in [-0.39, 0.29) is 5.41 Å². The topological polar surface area (TPSA) is 0 Å². The highest BCUT2D eigenvalue weighted by atomic mass is 32.1. The van der Waals surface area contributed by atoms with E-state index in [1.165, 1.54) is 97.4 Å². The van der Waals surface area contributed by atoms with Crippen LogP contribution in [-0.4, -0.2) is 0 Å². The Bertz CT molecular complexity index is 2740. The average molecular weight is 629 g/mol. The van der Waals surface area contributed by atoms with Crippen LogP contribution in [0.1, 0.15) is 25.0 Å². The maximum Gasteiger partial charge on any atom is 0.0355 e. The van der Waals surface area contributed by atoms with Crippen molar-refractivity contribution in [1.82, 2.24) is 0 Å². The number of thiophene rings is 1. The van der Waals surface area contributed by atoms with Crippen molar-refractivity contribution < 1.29 is 0 Å². The van der Waals surface area contributed by atoms with Crippen molar-refractivity contribution in [2.45, 2.75) is 19.3 Å². The highest BCUT2D eigenvalue weighted by molar-refractivity contribution is 7.25. The molecule has 48 heavy (non-hydrogen) atoms. The molecular formula is C47H32S. The molecule has 9 aromatic rings. The van der Waals surface area contributed by atoms with Gasteiger partial charge in [-0.25, -0.2) is 0 Å². The van der Waals surface area contributed by atoms with Gasteiger partial charge in [0.1, 0.15) is 0 Å². The standard InChI is InChI=1S/C47H32S/c1-47(2)41-18-10-8-14-33(41)38-27-31(21-24-42(38)47)46-36-17-7-6-16-35(36)45(37-23-20-30(26-40(37)46)29-12-4-3-5-13-29)32-22-25-44-39(28-32)34-15-9-11-19-43(34)48-44/h3-28H,1-2H3. The van der Waals surface area contributed by atoms with Gasteiger partial charge >= 0.3 is 0 Å². The van der Waals surface area contributed by atoms with Gasteiger partial charge < -0.3 is 0 Å². The van der Waals surface area contributed by atoms with Crippen molar-refractivity contribution >= 4 is 53.1 Å².